The zero-order valence-corrected chi connectivity index (χ0v) is 14.1. The van der Waals surface area contributed by atoms with Crippen LogP contribution in [0.15, 0.2) is 46.9 Å². The Kier molecular flexibility index (Phi) is 4.50. The van der Waals surface area contributed by atoms with Crippen molar-refractivity contribution in [2.75, 3.05) is 13.7 Å². The van der Waals surface area contributed by atoms with E-state index in [1.807, 2.05) is 19.2 Å². The molecule has 1 aromatic carbocycles. The largest absolute Gasteiger partial charge is 0.481 e. The summed E-state index contributed by atoms with van der Waals surface area (Å²) in [7, 11) is 1.81. The van der Waals surface area contributed by atoms with Gasteiger partial charge in [-0.15, -0.1) is 6.42 Å². The molecule has 0 fully saturated rings. The zero-order chi connectivity index (χ0) is 18.0. The highest BCUT2D eigenvalue weighted by Crippen LogP contribution is 2.44. The van der Waals surface area contributed by atoms with E-state index >= 15 is 0 Å². The van der Waals surface area contributed by atoms with Gasteiger partial charge in [-0.2, -0.15) is 5.26 Å². The van der Waals surface area contributed by atoms with E-state index in [1.54, 1.807) is 17.0 Å². The maximum Gasteiger partial charge on any atom is 0.161 e. The lowest BCUT2D eigenvalue weighted by Gasteiger charge is -2.37. The van der Waals surface area contributed by atoms with Gasteiger partial charge in [-0.25, -0.2) is 0 Å². The summed E-state index contributed by atoms with van der Waals surface area (Å²) in [6, 6.07) is 9.51. The molecule has 0 bridgehead atoms. The maximum absolute atomic E-state index is 12.6. The SMILES string of the molecule is C#CCOc1ccc([C@@H]2C(C#N)=C(N)N(C)C3=C2C(=O)CCC3)cc1. The number of nitrogens with two attached hydrogens (primary N) is 1. The molecule has 0 amide bonds. The summed E-state index contributed by atoms with van der Waals surface area (Å²) < 4.78 is 5.39. The van der Waals surface area contributed by atoms with Crippen LogP contribution >= 0.6 is 0 Å². The second kappa shape index (κ2) is 6.75. The number of terminal acetylenes is 1. The first-order chi connectivity index (χ1) is 12.1. The van der Waals surface area contributed by atoms with Crippen LogP contribution in [-0.4, -0.2) is 24.3 Å². The van der Waals surface area contributed by atoms with Crippen LogP contribution in [0.4, 0.5) is 0 Å². The van der Waals surface area contributed by atoms with Gasteiger partial charge in [0.1, 0.15) is 18.2 Å². The van der Waals surface area contributed by atoms with E-state index < -0.39 is 5.92 Å². The van der Waals surface area contributed by atoms with E-state index in [9.17, 15) is 10.1 Å². The molecular weight excluding hydrogens is 314 g/mol. The van der Waals surface area contributed by atoms with E-state index in [0.29, 0.717) is 29.1 Å². The molecule has 1 aromatic rings. The van der Waals surface area contributed by atoms with Crippen molar-refractivity contribution in [2.24, 2.45) is 5.73 Å². The van der Waals surface area contributed by atoms with Crippen LogP contribution in [0, 0.1) is 23.7 Å². The minimum Gasteiger partial charge on any atom is -0.481 e. The third-order valence-corrected chi connectivity index (χ3v) is 4.70. The van der Waals surface area contributed by atoms with Gasteiger partial charge in [0.2, 0.25) is 0 Å². The van der Waals surface area contributed by atoms with E-state index in [4.69, 9.17) is 16.9 Å². The molecule has 1 aliphatic heterocycles. The van der Waals surface area contributed by atoms with Gasteiger partial charge in [-0.3, -0.25) is 4.79 Å². The molecule has 3 rings (SSSR count). The Labute approximate surface area is 147 Å². The highest BCUT2D eigenvalue weighted by atomic mass is 16.5. The van der Waals surface area contributed by atoms with Gasteiger partial charge in [0, 0.05) is 24.7 Å². The molecule has 0 spiro atoms. The van der Waals surface area contributed by atoms with Crippen molar-refractivity contribution in [3.05, 3.63) is 52.5 Å². The Balaban J connectivity index is 2.07. The number of Topliss-reactive ketones (excluding diaryl/α,β-unsaturated/α-hetero) is 1. The van der Waals surface area contributed by atoms with Crippen LogP contribution in [0.5, 0.6) is 5.75 Å². The van der Waals surface area contributed by atoms with Crippen LogP contribution in [-0.2, 0) is 4.79 Å². The van der Waals surface area contributed by atoms with Gasteiger partial charge in [0.25, 0.3) is 0 Å². The lowest BCUT2D eigenvalue weighted by atomic mass is 9.76. The topological polar surface area (TPSA) is 79.3 Å². The Hall–Kier alpha value is -3.18. The first-order valence-electron chi connectivity index (χ1n) is 8.14. The number of ether oxygens (including phenoxy) is 1. The third kappa shape index (κ3) is 2.86. The number of hydrogen-bond acceptors (Lipinski definition) is 5. The molecule has 1 atom stereocenters. The van der Waals surface area contributed by atoms with E-state index in [-0.39, 0.29) is 12.4 Å². The number of hydrogen-bond donors (Lipinski definition) is 1. The fraction of sp³-hybridized carbons (Fsp3) is 0.300. The normalized spacial score (nSPS) is 20.0. The zero-order valence-electron chi connectivity index (χ0n) is 14.1. The molecule has 0 saturated carbocycles. The summed E-state index contributed by atoms with van der Waals surface area (Å²) in [5, 5.41) is 9.66. The number of ketones is 1. The fourth-order valence-electron chi connectivity index (χ4n) is 3.48. The molecular formula is C20H19N3O2. The van der Waals surface area contributed by atoms with Crippen molar-refractivity contribution in [2.45, 2.75) is 25.2 Å². The Morgan fingerprint density at radius 1 is 1.36 bits per heavy atom. The van der Waals surface area contributed by atoms with Crippen molar-refractivity contribution in [3.8, 4) is 24.2 Å². The van der Waals surface area contributed by atoms with Gasteiger partial charge < -0.3 is 15.4 Å². The summed E-state index contributed by atoms with van der Waals surface area (Å²) in [4.78, 5) is 14.4. The predicted molar refractivity (Wildman–Crippen MR) is 94.0 cm³/mol. The van der Waals surface area contributed by atoms with E-state index in [2.05, 4.69) is 12.0 Å². The summed E-state index contributed by atoms with van der Waals surface area (Å²) in [5.74, 6) is 3.14. The summed E-state index contributed by atoms with van der Waals surface area (Å²) in [6.45, 7) is 0.192. The average Bonchev–Trinajstić information content (AvgIpc) is 2.63. The fourth-order valence-corrected chi connectivity index (χ4v) is 3.48. The lowest BCUT2D eigenvalue weighted by Crippen LogP contribution is -2.36. The predicted octanol–water partition coefficient (Wildman–Crippen LogP) is 2.43. The lowest BCUT2D eigenvalue weighted by molar-refractivity contribution is -0.116. The second-order valence-corrected chi connectivity index (χ2v) is 6.10. The van der Waals surface area contributed by atoms with Crippen LogP contribution in [0.25, 0.3) is 0 Å². The van der Waals surface area contributed by atoms with Gasteiger partial charge in [-0.1, -0.05) is 18.1 Å². The Morgan fingerprint density at radius 3 is 2.72 bits per heavy atom. The first kappa shape index (κ1) is 16.7. The Bertz CT molecular complexity index is 850. The smallest absolute Gasteiger partial charge is 0.161 e. The first-order valence-corrected chi connectivity index (χ1v) is 8.14. The van der Waals surface area contributed by atoms with Gasteiger partial charge in [0.15, 0.2) is 5.78 Å². The highest BCUT2D eigenvalue weighted by molar-refractivity contribution is 5.99. The number of rotatable bonds is 3. The number of nitriles is 1. The summed E-state index contributed by atoms with van der Waals surface area (Å²) in [6.07, 6.45) is 7.30. The minimum absolute atomic E-state index is 0.0889. The highest BCUT2D eigenvalue weighted by Gasteiger charge is 2.38. The molecule has 0 aromatic heterocycles. The number of carbonyl (C=O) groups excluding carboxylic acids is 1. The molecule has 2 aliphatic rings. The van der Waals surface area contributed by atoms with Crippen molar-refractivity contribution < 1.29 is 9.53 Å². The second-order valence-electron chi connectivity index (χ2n) is 6.10. The molecule has 0 radical (unpaired) electrons. The molecule has 1 heterocycles. The van der Waals surface area contributed by atoms with Gasteiger partial charge >= 0.3 is 0 Å². The number of allylic oxidation sites excluding steroid dienone is 3. The van der Waals surface area contributed by atoms with Crippen LogP contribution < -0.4 is 10.5 Å². The molecule has 0 saturated heterocycles. The van der Waals surface area contributed by atoms with Crippen molar-refractivity contribution >= 4 is 5.78 Å². The van der Waals surface area contributed by atoms with Crippen LogP contribution in [0.1, 0.15) is 30.7 Å². The molecule has 126 valence electrons. The average molecular weight is 333 g/mol. The van der Waals surface area contributed by atoms with E-state index in [1.165, 1.54) is 0 Å². The molecule has 5 nitrogen and oxygen atoms in total. The van der Waals surface area contributed by atoms with E-state index in [0.717, 1.165) is 24.1 Å². The number of nitrogens with zero attached hydrogens (tertiary/aromatic N) is 2. The molecule has 25 heavy (non-hydrogen) atoms. The van der Waals surface area contributed by atoms with Crippen molar-refractivity contribution in [1.29, 1.82) is 5.26 Å². The summed E-state index contributed by atoms with van der Waals surface area (Å²) >= 11 is 0. The molecule has 5 heteroatoms. The van der Waals surface area contributed by atoms with Crippen molar-refractivity contribution in [1.82, 2.24) is 4.90 Å². The standard InChI is InChI=1S/C20H19N3O2/c1-3-11-25-14-9-7-13(8-10-14)18-15(12-21)20(22)23(2)16-5-4-6-17(24)19(16)18/h1,7-10,18H,4-6,11,22H2,2H3/t18-/m1/s1. The number of carbonyl (C=O) groups is 1. The van der Waals surface area contributed by atoms with Gasteiger partial charge in [-0.05, 0) is 30.5 Å². The van der Waals surface area contributed by atoms with Crippen LogP contribution in [0.2, 0.25) is 0 Å². The molecule has 0 unspecified atom stereocenters. The van der Waals surface area contributed by atoms with Crippen molar-refractivity contribution in [3.63, 3.8) is 0 Å². The van der Waals surface area contributed by atoms with Gasteiger partial charge in [0.05, 0.1) is 17.6 Å². The summed E-state index contributed by atoms with van der Waals surface area (Å²) in [5.41, 5.74) is 9.07. The quantitative estimate of drug-likeness (QED) is 0.860. The number of benzene rings is 1. The van der Waals surface area contributed by atoms with Crippen LogP contribution in [0.3, 0.4) is 0 Å². The maximum atomic E-state index is 12.6. The minimum atomic E-state index is -0.425. The molecule has 1 aliphatic carbocycles. The third-order valence-electron chi connectivity index (χ3n) is 4.70. The Morgan fingerprint density at radius 2 is 2.08 bits per heavy atom. The molecule has 2 N–H and O–H groups in total. The monoisotopic (exact) mass is 333 g/mol.